The average Bonchev–Trinajstić information content (AvgIpc) is 2.36. The molecule has 0 atom stereocenters. The summed E-state index contributed by atoms with van der Waals surface area (Å²) >= 11 is 6.16. The first-order valence-corrected chi connectivity index (χ1v) is 6.88. The molecule has 0 unspecified atom stereocenters. The van der Waals surface area contributed by atoms with Crippen molar-refractivity contribution in [2.75, 3.05) is 5.32 Å². The van der Waals surface area contributed by atoms with Gasteiger partial charge in [0.15, 0.2) is 0 Å². The van der Waals surface area contributed by atoms with Crippen molar-refractivity contribution in [3.8, 4) is 0 Å². The van der Waals surface area contributed by atoms with Gasteiger partial charge in [-0.05, 0) is 45.8 Å². The summed E-state index contributed by atoms with van der Waals surface area (Å²) < 4.78 is 40.7. The van der Waals surface area contributed by atoms with Crippen LogP contribution in [0.3, 0.4) is 0 Å². The van der Waals surface area contributed by atoms with Gasteiger partial charge in [0.1, 0.15) is 17.5 Å². The molecule has 0 fully saturated rings. The van der Waals surface area contributed by atoms with E-state index in [1.807, 2.05) is 0 Å². The molecule has 0 bridgehead atoms. The van der Waals surface area contributed by atoms with Gasteiger partial charge in [-0.3, -0.25) is 0 Å². The monoisotopic (exact) mass is 393 g/mol. The van der Waals surface area contributed by atoms with Crippen molar-refractivity contribution in [1.29, 1.82) is 0 Å². The van der Waals surface area contributed by atoms with Gasteiger partial charge in [-0.1, -0.05) is 15.9 Å². The first kappa shape index (κ1) is 14.4. The largest absolute Gasteiger partial charge is 0.378 e. The van der Waals surface area contributed by atoms with Crippen molar-refractivity contribution in [3.63, 3.8) is 0 Å². The van der Waals surface area contributed by atoms with Crippen LogP contribution in [0.2, 0.25) is 0 Å². The number of benzene rings is 2. The smallest absolute Gasteiger partial charge is 0.147 e. The molecule has 2 aromatic rings. The third-order valence-corrected chi connectivity index (χ3v) is 3.87. The lowest BCUT2D eigenvalue weighted by Gasteiger charge is -2.10. The summed E-state index contributed by atoms with van der Waals surface area (Å²) in [5, 5.41) is 2.73. The number of hydrogen-bond acceptors (Lipinski definition) is 1. The molecular formula is C13H8Br2F3N. The Balaban J connectivity index is 2.19. The van der Waals surface area contributed by atoms with E-state index in [2.05, 4.69) is 37.2 Å². The van der Waals surface area contributed by atoms with Gasteiger partial charge in [-0.2, -0.15) is 0 Å². The number of hydrogen-bond donors (Lipinski definition) is 1. The summed E-state index contributed by atoms with van der Waals surface area (Å²) in [6.45, 7) is 0.177. The molecule has 1 N–H and O–H groups in total. The van der Waals surface area contributed by atoms with E-state index >= 15 is 0 Å². The van der Waals surface area contributed by atoms with Crippen molar-refractivity contribution in [3.05, 3.63) is 62.3 Å². The molecule has 0 spiro atoms. The lowest BCUT2D eigenvalue weighted by Crippen LogP contribution is -2.03. The van der Waals surface area contributed by atoms with Gasteiger partial charge in [-0.15, -0.1) is 0 Å². The molecule has 0 aliphatic carbocycles. The highest BCUT2D eigenvalue weighted by Gasteiger charge is 2.09. The van der Waals surface area contributed by atoms with Crippen LogP contribution in [-0.4, -0.2) is 0 Å². The Morgan fingerprint density at radius 1 is 0.895 bits per heavy atom. The van der Waals surface area contributed by atoms with Gasteiger partial charge in [-0.25, -0.2) is 13.2 Å². The second kappa shape index (κ2) is 5.96. The normalized spacial score (nSPS) is 10.6. The fraction of sp³-hybridized carbons (Fsp3) is 0.0769. The fourth-order valence-electron chi connectivity index (χ4n) is 1.53. The molecule has 2 rings (SSSR count). The number of nitrogens with one attached hydrogen (secondary N) is 1. The van der Waals surface area contributed by atoms with Crippen molar-refractivity contribution in [2.45, 2.75) is 6.54 Å². The predicted molar refractivity (Wildman–Crippen MR) is 75.5 cm³/mol. The SMILES string of the molecule is Fc1ccc(Br)c(CNc2cc(F)c(Br)cc2F)c1. The molecule has 6 heteroatoms. The number of rotatable bonds is 3. The van der Waals surface area contributed by atoms with Crippen molar-refractivity contribution < 1.29 is 13.2 Å². The minimum Gasteiger partial charge on any atom is -0.378 e. The standard InChI is InChI=1S/C13H8Br2F3N/c14-9-2-1-8(16)3-7(9)6-19-13-5-11(17)10(15)4-12(13)18/h1-5,19H,6H2. The third-order valence-electron chi connectivity index (χ3n) is 2.49. The van der Waals surface area contributed by atoms with Crippen LogP contribution in [0, 0.1) is 17.5 Å². The van der Waals surface area contributed by atoms with Crippen molar-refractivity contribution >= 4 is 37.5 Å². The molecule has 0 radical (unpaired) electrons. The van der Waals surface area contributed by atoms with E-state index in [9.17, 15) is 13.2 Å². The van der Waals surface area contributed by atoms with Crippen LogP contribution in [0.15, 0.2) is 39.3 Å². The maximum atomic E-state index is 13.6. The van der Waals surface area contributed by atoms with E-state index in [1.165, 1.54) is 12.1 Å². The Bertz CT molecular complexity index is 617. The van der Waals surface area contributed by atoms with Crippen LogP contribution in [0.25, 0.3) is 0 Å². The molecule has 0 aliphatic heterocycles. The molecule has 0 aliphatic rings. The van der Waals surface area contributed by atoms with Gasteiger partial charge >= 0.3 is 0 Å². The van der Waals surface area contributed by atoms with Crippen LogP contribution >= 0.6 is 31.9 Å². The van der Waals surface area contributed by atoms with Gasteiger partial charge in [0, 0.05) is 17.1 Å². The summed E-state index contributed by atoms with van der Waals surface area (Å²) in [6, 6.07) is 6.29. The highest BCUT2D eigenvalue weighted by molar-refractivity contribution is 9.10. The second-order valence-corrected chi connectivity index (χ2v) is 5.54. The Morgan fingerprint density at radius 3 is 2.37 bits per heavy atom. The van der Waals surface area contributed by atoms with E-state index in [0.717, 1.165) is 12.1 Å². The molecule has 0 saturated heterocycles. The van der Waals surface area contributed by atoms with Crippen molar-refractivity contribution in [2.24, 2.45) is 0 Å². The fourth-order valence-corrected chi connectivity index (χ4v) is 2.23. The van der Waals surface area contributed by atoms with Gasteiger partial charge < -0.3 is 5.32 Å². The second-order valence-electron chi connectivity index (χ2n) is 3.84. The van der Waals surface area contributed by atoms with Crippen LogP contribution in [0.4, 0.5) is 18.9 Å². The zero-order valence-electron chi connectivity index (χ0n) is 9.48. The maximum Gasteiger partial charge on any atom is 0.147 e. The quantitative estimate of drug-likeness (QED) is 0.702. The van der Waals surface area contributed by atoms with Crippen LogP contribution < -0.4 is 5.32 Å². The van der Waals surface area contributed by atoms with Crippen LogP contribution in [0.1, 0.15) is 5.56 Å². The number of anilines is 1. The molecule has 19 heavy (non-hydrogen) atoms. The summed E-state index contributed by atoms with van der Waals surface area (Å²) in [5.74, 6) is -1.54. The summed E-state index contributed by atoms with van der Waals surface area (Å²) in [4.78, 5) is 0. The first-order valence-electron chi connectivity index (χ1n) is 5.29. The molecule has 0 aromatic heterocycles. The van der Waals surface area contributed by atoms with E-state index < -0.39 is 11.6 Å². The Hall–Kier alpha value is -1.01. The average molecular weight is 395 g/mol. The van der Waals surface area contributed by atoms with E-state index in [0.29, 0.717) is 10.0 Å². The zero-order valence-corrected chi connectivity index (χ0v) is 12.7. The van der Waals surface area contributed by atoms with Gasteiger partial charge in [0.25, 0.3) is 0 Å². The summed E-state index contributed by atoms with van der Waals surface area (Å²) in [6.07, 6.45) is 0. The maximum absolute atomic E-state index is 13.6. The lowest BCUT2D eigenvalue weighted by molar-refractivity contribution is 0.596. The Morgan fingerprint density at radius 2 is 1.63 bits per heavy atom. The summed E-state index contributed by atoms with van der Waals surface area (Å²) in [7, 11) is 0. The minimum atomic E-state index is -0.583. The van der Waals surface area contributed by atoms with Crippen LogP contribution in [-0.2, 0) is 6.54 Å². The first-order chi connectivity index (χ1) is 8.97. The Kier molecular flexibility index (Phi) is 4.52. The zero-order chi connectivity index (χ0) is 14.0. The summed E-state index contributed by atoms with van der Waals surface area (Å²) in [5.41, 5.74) is 0.639. The van der Waals surface area contributed by atoms with Crippen LogP contribution in [0.5, 0.6) is 0 Å². The topological polar surface area (TPSA) is 12.0 Å². The van der Waals surface area contributed by atoms with E-state index in [1.54, 1.807) is 6.07 Å². The van der Waals surface area contributed by atoms with Crippen molar-refractivity contribution in [1.82, 2.24) is 0 Å². The molecule has 0 saturated carbocycles. The predicted octanol–water partition coefficient (Wildman–Crippen LogP) is 5.24. The molecule has 0 heterocycles. The highest BCUT2D eigenvalue weighted by atomic mass is 79.9. The Labute approximate surface area is 125 Å². The molecule has 100 valence electrons. The molecule has 1 nitrogen and oxygen atoms in total. The molecule has 0 amide bonds. The highest BCUT2D eigenvalue weighted by Crippen LogP contribution is 2.25. The van der Waals surface area contributed by atoms with E-state index in [4.69, 9.17) is 0 Å². The van der Waals surface area contributed by atoms with Gasteiger partial charge in [0.2, 0.25) is 0 Å². The number of halogens is 5. The van der Waals surface area contributed by atoms with Gasteiger partial charge in [0.05, 0.1) is 10.2 Å². The lowest BCUT2D eigenvalue weighted by atomic mass is 10.2. The molecular weight excluding hydrogens is 387 g/mol. The van der Waals surface area contributed by atoms with E-state index in [-0.39, 0.29) is 22.5 Å². The molecule has 2 aromatic carbocycles. The minimum absolute atomic E-state index is 0.0249. The third kappa shape index (κ3) is 3.51.